The van der Waals surface area contributed by atoms with Crippen LogP contribution >= 0.6 is 0 Å². The predicted octanol–water partition coefficient (Wildman–Crippen LogP) is 0.659. The minimum absolute atomic E-state index is 0.0148. The lowest BCUT2D eigenvalue weighted by atomic mass is 10.0. The van der Waals surface area contributed by atoms with Crippen LogP contribution in [0.15, 0.2) is 24.3 Å². The van der Waals surface area contributed by atoms with Crippen molar-refractivity contribution in [2.75, 3.05) is 49.6 Å². The van der Waals surface area contributed by atoms with Crippen LogP contribution in [0.4, 0.5) is 11.6 Å². The van der Waals surface area contributed by atoms with Crippen LogP contribution < -0.4 is 25.0 Å². The van der Waals surface area contributed by atoms with Gasteiger partial charge in [0.15, 0.2) is 36.3 Å². The first-order valence-electron chi connectivity index (χ1n) is 11.3. The Morgan fingerprint density at radius 2 is 1.85 bits per heavy atom. The Balaban J connectivity index is 1.10. The third-order valence-corrected chi connectivity index (χ3v) is 6.19. The van der Waals surface area contributed by atoms with Gasteiger partial charge in [-0.05, 0) is 50.2 Å². The third kappa shape index (κ3) is 4.78. The number of carbonyl (C=O) groups excluding carboxylic acids is 2. The summed E-state index contributed by atoms with van der Waals surface area (Å²) in [4.78, 5) is 36.6. The number of fused-ring (bicyclic) bond motifs is 2. The monoisotopic (exact) mass is 463 g/mol. The standard InChI is InChI=1S/C23H25N7O4/c24-11-16-1-4-19-23(27-16)30(21(32)14-34-19)10-9-29-7-5-15(6-8-29)25-12-17-2-3-18-22(26-17)28-20(31)13-33-18/h1-4,15,25H,5-10,12-14H2,(H,26,28,31). The Hall–Kier alpha value is -3.75. The molecule has 0 bridgehead atoms. The molecule has 3 aliphatic heterocycles. The molecule has 0 unspecified atom stereocenters. The molecule has 34 heavy (non-hydrogen) atoms. The van der Waals surface area contributed by atoms with Gasteiger partial charge in [0.05, 0.1) is 5.69 Å². The number of aromatic nitrogens is 2. The Morgan fingerprint density at radius 1 is 1.06 bits per heavy atom. The van der Waals surface area contributed by atoms with Crippen molar-refractivity contribution in [3.8, 4) is 17.6 Å². The van der Waals surface area contributed by atoms with Crippen LogP contribution in [0, 0.1) is 11.3 Å². The van der Waals surface area contributed by atoms with Gasteiger partial charge in [0.2, 0.25) is 0 Å². The predicted molar refractivity (Wildman–Crippen MR) is 121 cm³/mol. The number of rotatable bonds is 6. The lowest BCUT2D eigenvalue weighted by Gasteiger charge is -2.35. The van der Waals surface area contributed by atoms with Gasteiger partial charge in [-0.3, -0.25) is 14.5 Å². The zero-order chi connectivity index (χ0) is 23.5. The van der Waals surface area contributed by atoms with Crippen molar-refractivity contribution >= 4 is 23.5 Å². The van der Waals surface area contributed by atoms with E-state index in [0.717, 1.165) is 38.2 Å². The summed E-state index contributed by atoms with van der Waals surface area (Å²) in [5.41, 5.74) is 1.11. The molecular weight excluding hydrogens is 438 g/mol. The highest BCUT2D eigenvalue weighted by Gasteiger charge is 2.28. The number of nitrogens with zero attached hydrogens (tertiary/aromatic N) is 5. The molecule has 2 amide bonds. The van der Waals surface area contributed by atoms with Crippen LogP contribution in [0.3, 0.4) is 0 Å². The topological polar surface area (TPSA) is 133 Å². The summed E-state index contributed by atoms with van der Waals surface area (Å²) in [6, 6.07) is 9.40. The second-order valence-electron chi connectivity index (χ2n) is 8.45. The summed E-state index contributed by atoms with van der Waals surface area (Å²) in [6.07, 6.45) is 1.96. The molecular formula is C23H25N7O4. The van der Waals surface area contributed by atoms with Gasteiger partial charge in [-0.25, -0.2) is 9.97 Å². The molecule has 0 radical (unpaired) electrons. The number of anilines is 2. The fourth-order valence-corrected chi connectivity index (χ4v) is 4.32. The fourth-order valence-electron chi connectivity index (χ4n) is 4.32. The molecule has 11 heteroatoms. The van der Waals surface area contributed by atoms with Crippen LogP contribution in [0.5, 0.6) is 11.5 Å². The molecule has 176 valence electrons. The molecule has 0 aliphatic carbocycles. The van der Waals surface area contributed by atoms with E-state index in [-0.39, 0.29) is 30.7 Å². The number of amides is 2. The zero-order valence-electron chi connectivity index (χ0n) is 18.6. The SMILES string of the molecule is N#Cc1ccc2c(n1)N(CCN1CCC(NCc3ccc4c(n3)NC(=O)CO4)CC1)C(=O)CO2. The minimum atomic E-state index is -0.193. The molecule has 0 atom stereocenters. The second-order valence-corrected chi connectivity index (χ2v) is 8.45. The maximum atomic E-state index is 12.4. The Morgan fingerprint density at radius 3 is 2.68 bits per heavy atom. The molecule has 0 spiro atoms. The maximum absolute atomic E-state index is 12.4. The van der Waals surface area contributed by atoms with Gasteiger partial charge in [0.25, 0.3) is 11.8 Å². The molecule has 0 aromatic carbocycles. The van der Waals surface area contributed by atoms with Crippen molar-refractivity contribution < 1.29 is 19.1 Å². The minimum Gasteiger partial charge on any atom is -0.480 e. The number of pyridine rings is 2. The molecule has 0 saturated carbocycles. The van der Waals surface area contributed by atoms with Crippen molar-refractivity contribution in [1.82, 2.24) is 20.2 Å². The van der Waals surface area contributed by atoms with Gasteiger partial charge in [-0.1, -0.05) is 0 Å². The van der Waals surface area contributed by atoms with Gasteiger partial charge in [-0.2, -0.15) is 5.26 Å². The number of hydrogen-bond acceptors (Lipinski definition) is 9. The largest absolute Gasteiger partial charge is 0.480 e. The van der Waals surface area contributed by atoms with Crippen molar-refractivity contribution in [2.24, 2.45) is 0 Å². The Bertz CT molecular complexity index is 1140. The van der Waals surface area contributed by atoms with Crippen LogP contribution in [-0.4, -0.2) is 72.1 Å². The van der Waals surface area contributed by atoms with E-state index in [1.807, 2.05) is 18.2 Å². The van der Waals surface area contributed by atoms with E-state index < -0.39 is 0 Å². The Labute approximate surface area is 196 Å². The van der Waals surface area contributed by atoms with E-state index in [9.17, 15) is 9.59 Å². The average molecular weight is 463 g/mol. The lowest BCUT2D eigenvalue weighted by Crippen LogP contribution is -2.47. The smallest absolute Gasteiger partial charge is 0.266 e. The molecule has 2 N–H and O–H groups in total. The highest BCUT2D eigenvalue weighted by molar-refractivity contribution is 5.96. The summed E-state index contributed by atoms with van der Waals surface area (Å²) in [7, 11) is 0. The number of hydrogen-bond donors (Lipinski definition) is 2. The van der Waals surface area contributed by atoms with Crippen molar-refractivity contribution in [2.45, 2.75) is 25.4 Å². The number of nitrogens with one attached hydrogen (secondary N) is 2. The van der Waals surface area contributed by atoms with Gasteiger partial charge in [0, 0.05) is 25.7 Å². The summed E-state index contributed by atoms with van der Waals surface area (Å²) < 4.78 is 10.8. The van der Waals surface area contributed by atoms with Gasteiger partial charge < -0.3 is 25.0 Å². The zero-order valence-corrected chi connectivity index (χ0v) is 18.6. The third-order valence-electron chi connectivity index (χ3n) is 6.19. The molecule has 2 aromatic heterocycles. The van der Waals surface area contributed by atoms with Crippen LogP contribution in [0.2, 0.25) is 0 Å². The molecule has 3 aliphatic rings. The first-order chi connectivity index (χ1) is 16.6. The first-order valence-corrected chi connectivity index (χ1v) is 11.3. The Kier molecular flexibility index (Phi) is 6.24. The van der Waals surface area contributed by atoms with Gasteiger partial charge >= 0.3 is 0 Å². The van der Waals surface area contributed by atoms with E-state index in [1.54, 1.807) is 17.0 Å². The summed E-state index contributed by atoms with van der Waals surface area (Å²) >= 11 is 0. The van der Waals surface area contributed by atoms with E-state index in [1.165, 1.54) is 0 Å². The van der Waals surface area contributed by atoms with Crippen LogP contribution in [0.25, 0.3) is 0 Å². The normalized spacial score (nSPS) is 18.3. The number of nitriles is 1. The van der Waals surface area contributed by atoms with E-state index >= 15 is 0 Å². The second kappa shape index (κ2) is 9.62. The number of carbonyl (C=O) groups is 2. The first kappa shape index (κ1) is 22.1. The molecule has 1 fully saturated rings. The van der Waals surface area contributed by atoms with Crippen molar-refractivity contribution in [3.63, 3.8) is 0 Å². The molecule has 11 nitrogen and oxygen atoms in total. The highest BCUT2D eigenvalue weighted by atomic mass is 16.5. The fraction of sp³-hybridized carbons (Fsp3) is 0.435. The van der Waals surface area contributed by atoms with Crippen molar-refractivity contribution in [1.29, 1.82) is 5.26 Å². The van der Waals surface area contributed by atoms with Gasteiger partial charge in [0.1, 0.15) is 11.8 Å². The van der Waals surface area contributed by atoms with Crippen LogP contribution in [-0.2, 0) is 16.1 Å². The van der Waals surface area contributed by atoms with Crippen molar-refractivity contribution in [3.05, 3.63) is 35.7 Å². The van der Waals surface area contributed by atoms with Gasteiger partial charge in [-0.15, -0.1) is 0 Å². The molecule has 5 heterocycles. The highest BCUT2D eigenvalue weighted by Crippen LogP contribution is 2.30. The average Bonchev–Trinajstić information content (AvgIpc) is 2.87. The number of likely N-dealkylation sites (tertiary alicyclic amines) is 1. The summed E-state index contributed by atoms with van der Waals surface area (Å²) in [6.45, 7) is 3.67. The summed E-state index contributed by atoms with van der Waals surface area (Å²) in [5, 5.41) is 15.4. The number of ether oxygens (including phenoxy) is 2. The van der Waals surface area contributed by atoms with E-state index in [0.29, 0.717) is 42.3 Å². The molecule has 1 saturated heterocycles. The number of piperidine rings is 1. The summed E-state index contributed by atoms with van der Waals surface area (Å²) in [5.74, 6) is 1.68. The quantitative estimate of drug-likeness (QED) is 0.634. The van der Waals surface area contributed by atoms with E-state index in [4.69, 9.17) is 14.7 Å². The molecule has 2 aromatic rings. The van der Waals surface area contributed by atoms with E-state index in [2.05, 4.69) is 25.5 Å². The lowest BCUT2D eigenvalue weighted by molar-refractivity contribution is -0.121. The van der Waals surface area contributed by atoms with Crippen LogP contribution in [0.1, 0.15) is 24.2 Å². The maximum Gasteiger partial charge on any atom is 0.266 e. The molecule has 5 rings (SSSR count).